The summed E-state index contributed by atoms with van der Waals surface area (Å²) in [7, 11) is 0. The van der Waals surface area contributed by atoms with Crippen molar-refractivity contribution in [3.63, 3.8) is 0 Å². The van der Waals surface area contributed by atoms with Gasteiger partial charge in [0.15, 0.2) is 11.5 Å². The Hall–Kier alpha value is -3.47. The Bertz CT molecular complexity index is 1300. The molecule has 1 N–H and O–H groups in total. The van der Waals surface area contributed by atoms with Crippen molar-refractivity contribution in [2.75, 3.05) is 0 Å². The Morgan fingerprint density at radius 3 is 2.79 bits per heavy atom. The van der Waals surface area contributed by atoms with Crippen molar-refractivity contribution in [1.29, 1.82) is 0 Å². The minimum atomic E-state index is -4.53. The Balaban J connectivity index is 1.73. The number of H-pyrrole nitrogens is 1. The van der Waals surface area contributed by atoms with E-state index in [1.807, 2.05) is 0 Å². The van der Waals surface area contributed by atoms with Crippen LogP contribution in [0.15, 0.2) is 46.4 Å². The summed E-state index contributed by atoms with van der Waals surface area (Å²) in [4.78, 5) is 16.7. The number of aromatic nitrogens is 6. The van der Waals surface area contributed by atoms with Crippen LogP contribution >= 0.6 is 11.6 Å². The molecule has 0 bridgehead atoms. The normalized spacial score (nSPS) is 12.3. The minimum absolute atomic E-state index is 0.0301. The van der Waals surface area contributed by atoms with Gasteiger partial charge in [-0.05, 0) is 37.3 Å². The van der Waals surface area contributed by atoms with Crippen molar-refractivity contribution in [3.8, 4) is 5.82 Å². The lowest BCUT2D eigenvalue weighted by molar-refractivity contribution is -0.137. The maximum atomic E-state index is 12.9. The van der Waals surface area contributed by atoms with E-state index >= 15 is 0 Å². The number of halogens is 4. The van der Waals surface area contributed by atoms with Crippen molar-refractivity contribution in [3.05, 3.63) is 68.9 Å². The van der Waals surface area contributed by atoms with E-state index < -0.39 is 17.3 Å². The third kappa shape index (κ3) is 3.51. The van der Waals surface area contributed by atoms with Crippen LogP contribution in [-0.2, 0) is 6.18 Å². The predicted octanol–water partition coefficient (Wildman–Crippen LogP) is 3.33. The van der Waals surface area contributed by atoms with E-state index in [2.05, 4.69) is 25.4 Å². The molecule has 0 aliphatic rings. The first-order chi connectivity index (χ1) is 13.7. The van der Waals surface area contributed by atoms with Gasteiger partial charge in [-0.15, -0.1) is 15.3 Å². The van der Waals surface area contributed by atoms with Gasteiger partial charge >= 0.3 is 6.18 Å². The largest absolute Gasteiger partial charge is 0.416 e. The van der Waals surface area contributed by atoms with E-state index in [4.69, 9.17) is 11.6 Å². The Labute approximate surface area is 165 Å². The van der Waals surface area contributed by atoms with Crippen LogP contribution in [0.3, 0.4) is 0 Å². The van der Waals surface area contributed by atoms with Gasteiger partial charge in [-0.25, -0.2) is 0 Å². The first kappa shape index (κ1) is 18.9. The van der Waals surface area contributed by atoms with Gasteiger partial charge in [0.2, 0.25) is 0 Å². The number of benzene rings is 1. The summed E-state index contributed by atoms with van der Waals surface area (Å²) >= 11 is 5.94. The van der Waals surface area contributed by atoms with Gasteiger partial charge in [-0.1, -0.05) is 11.6 Å². The van der Waals surface area contributed by atoms with Crippen LogP contribution < -0.4 is 5.56 Å². The zero-order valence-electron chi connectivity index (χ0n) is 14.6. The number of nitrogens with one attached hydrogen (secondary N) is 1. The molecule has 29 heavy (non-hydrogen) atoms. The van der Waals surface area contributed by atoms with Crippen LogP contribution in [0.5, 0.6) is 0 Å². The Kier molecular flexibility index (Phi) is 4.46. The highest BCUT2D eigenvalue weighted by Gasteiger charge is 2.30. The first-order valence-corrected chi connectivity index (χ1v) is 8.52. The number of aromatic amines is 1. The van der Waals surface area contributed by atoms with E-state index in [0.29, 0.717) is 11.3 Å². The number of alkyl halides is 3. The van der Waals surface area contributed by atoms with E-state index in [0.717, 1.165) is 18.2 Å². The summed E-state index contributed by atoms with van der Waals surface area (Å²) < 4.78 is 41.3. The maximum absolute atomic E-state index is 12.9. The molecule has 0 spiro atoms. The molecule has 0 saturated heterocycles. The zero-order chi connectivity index (χ0) is 20.8. The van der Waals surface area contributed by atoms with Gasteiger partial charge in [-0.3, -0.25) is 14.9 Å². The first-order valence-electron chi connectivity index (χ1n) is 8.14. The van der Waals surface area contributed by atoms with Crippen molar-refractivity contribution >= 4 is 29.2 Å². The molecule has 3 heterocycles. The lowest BCUT2D eigenvalue weighted by Gasteiger charge is -2.07. The molecule has 148 valence electrons. The molecule has 0 atom stereocenters. The number of hydrogen-bond acceptors (Lipinski definition) is 5. The standard InChI is InChI=1S/C17H11ClF3N7O/c1-9-11(7-22-13-6-10(17(19,20)21)2-3-12(13)18)16(29)28(25-9)15-5-4-14-24-23-8-27(14)26-15/h2-8,25H,1H3. The SMILES string of the molecule is Cc1[nH]n(-c2ccc3nncn3n2)c(=O)c1C=Nc1cc(C(F)(F)F)ccc1Cl. The average molecular weight is 422 g/mol. The van der Waals surface area contributed by atoms with Crippen molar-refractivity contribution < 1.29 is 13.2 Å². The molecule has 4 rings (SSSR count). The number of nitrogens with zero attached hydrogens (tertiary/aromatic N) is 6. The van der Waals surface area contributed by atoms with E-state index in [1.54, 1.807) is 19.1 Å². The highest BCUT2D eigenvalue weighted by atomic mass is 35.5. The maximum Gasteiger partial charge on any atom is 0.416 e. The van der Waals surface area contributed by atoms with E-state index in [-0.39, 0.29) is 22.1 Å². The van der Waals surface area contributed by atoms with Crippen LogP contribution in [-0.4, -0.2) is 35.8 Å². The van der Waals surface area contributed by atoms with Crippen molar-refractivity contribution in [2.24, 2.45) is 4.99 Å². The molecule has 3 aromatic heterocycles. The van der Waals surface area contributed by atoms with E-state index in [9.17, 15) is 18.0 Å². The number of rotatable bonds is 3. The Morgan fingerprint density at radius 1 is 1.24 bits per heavy atom. The zero-order valence-corrected chi connectivity index (χ0v) is 15.4. The molecule has 4 aromatic rings. The monoisotopic (exact) mass is 421 g/mol. The minimum Gasteiger partial charge on any atom is -0.293 e. The van der Waals surface area contributed by atoms with Gasteiger partial charge in [0.05, 0.1) is 21.8 Å². The molecular weight excluding hydrogens is 411 g/mol. The van der Waals surface area contributed by atoms with Gasteiger partial charge in [0, 0.05) is 11.9 Å². The van der Waals surface area contributed by atoms with Gasteiger partial charge < -0.3 is 0 Å². The fraction of sp³-hybridized carbons (Fsp3) is 0.118. The van der Waals surface area contributed by atoms with Crippen LogP contribution in [0, 0.1) is 6.92 Å². The summed E-state index contributed by atoms with van der Waals surface area (Å²) in [6.45, 7) is 1.63. The molecule has 0 fully saturated rings. The predicted molar refractivity (Wildman–Crippen MR) is 99.2 cm³/mol. The van der Waals surface area contributed by atoms with Crippen LogP contribution in [0.4, 0.5) is 18.9 Å². The molecule has 0 aliphatic heterocycles. The van der Waals surface area contributed by atoms with Crippen LogP contribution in [0.1, 0.15) is 16.8 Å². The van der Waals surface area contributed by atoms with Gasteiger partial charge in [0.1, 0.15) is 6.33 Å². The second-order valence-electron chi connectivity index (χ2n) is 6.04. The summed E-state index contributed by atoms with van der Waals surface area (Å²) in [5, 5.41) is 14.7. The number of aryl methyl sites for hydroxylation is 1. The topological polar surface area (TPSA) is 93.2 Å². The van der Waals surface area contributed by atoms with Gasteiger partial charge in [-0.2, -0.15) is 22.4 Å². The molecule has 0 radical (unpaired) electrons. The molecule has 0 amide bonds. The second-order valence-corrected chi connectivity index (χ2v) is 6.45. The lowest BCUT2D eigenvalue weighted by atomic mass is 10.2. The molecule has 0 saturated carbocycles. The summed E-state index contributed by atoms with van der Waals surface area (Å²) in [5.74, 6) is 0.280. The molecule has 12 heteroatoms. The average Bonchev–Trinajstić information content (AvgIpc) is 3.24. The fourth-order valence-electron chi connectivity index (χ4n) is 2.63. The lowest BCUT2D eigenvalue weighted by Crippen LogP contribution is -2.19. The fourth-order valence-corrected chi connectivity index (χ4v) is 2.80. The number of fused-ring (bicyclic) bond motifs is 1. The highest BCUT2D eigenvalue weighted by Crippen LogP contribution is 2.34. The second kappa shape index (κ2) is 6.85. The summed E-state index contributed by atoms with van der Waals surface area (Å²) in [5.41, 5.74) is -0.349. The molecule has 1 aromatic carbocycles. The molecule has 8 nitrogen and oxygen atoms in total. The Morgan fingerprint density at radius 2 is 2.03 bits per heavy atom. The van der Waals surface area contributed by atoms with E-state index in [1.165, 1.54) is 21.7 Å². The van der Waals surface area contributed by atoms with Crippen LogP contribution in [0.25, 0.3) is 11.5 Å². The van der Waals surface area contributed by atoms with Crippen molar-refractivity contribution in [2.45, 2.75) is 13.1 Å². The quantitative estimate of drug-likeness (QED) is 0.513. The number of hydrogen-bond donors (Lipinski definition) is 1. The van der Waals surface area contributed by atoms with Crippen LogP contribution in [0.2, 0.25) is 5.02 Å². The number of aliphatic imine (C=N–C) groups is 1. The summed E-state index contributed by atoms with van der Waals surface area (Å²) in [6.07, 6.45) is -1.97. The highest BCUT2D eigenvalue weighted by molar-refractivity contribution is 6.33. The third-order valence-electron chi connectivity index (χ3n) is 4.10. The summed E-state index contributed by atoms with van der Waals surface area (Å²) in [6, 6.07) is 6.00. The molecule has 0 unspecified atom stereocenters. The molecule has 0 aliphatic carbocycles. The van der Waals surface area contributed by atoms with Gasteiger partial charge in [0.25, 0.3) is 5.56 Å². The third-order valence-corrected chi connectivity index (χ3v) is 4.42. The smallest absolute Gasteiger partial charge is 0.293 e. The molecular formula is C17H11ClF3N7O. The van der Waals surface area contributed by atoms with Crippen molar-refractivity contribution in [1.82, 2.24) is 29.6 Å².